The maximum Gasteiger partial charge on any atom is 0.195 e. The zero-order valence-corrected chi connectivity index (χ0v) is 19.5. The molecule has 0 fully saturated rings. The Morgan fingerprint density at radius 1 is 1.07 bits per heavy atom. The third kappa shape index (κ3) is 4.84. The fourth-order valence-electron chi connectivity index (χ4n) is 3.95. The topological polar surface area (TPSA) is 22.0 Å². The number of allylic oxidation sites excluding steroid dienone is 3. The largest absolute Gasteiger partial charge is 0.344 e. The number of benzene rings is 1. The number of hydrogen-bond donors (Lipinski definition) is 0. The van der Waals surface area contributed by atoms with Crippen LogP contribution in [0.15, 0.2) is 53.4 Å². The van der Waals surface area contributed by atoms with E-state index in [9.17, 15) is 4.79 Å². The maximum absolute atomic E-state index is 13.8. The molecule has 30 heavy (non-hydrogen) atoms. The van der Waals surface area contributed by atoms with Gasteiger partial charge in [0.2, 0.25) is 0 Å². The van der Waals surface area contributed by atoms with E-state index in [1.807, 2.05) is 12.1 Å². The van der Waals surface area contributed by atoms with E-state index in [4.69, 9.17) is 0 Å². The summed E-state index contributed by atoms with van der Waals surface area (Å²) in [7, 11) is 0. The molecule has 0 spiro atoms. The van der Waals surface area contributed by atoms with E-state index in [0.717, 1.165) is 59.1 Å². The van der Waals surface area contributed by atoms with Crippen molar-refractivity contribution in [1.82, 2.24) is 4.57 Å². The Morgan fingerprint density at radius 3 is 2.57 bits per heavy atom. The van der Waals surface area contributed by atoms with Gasteiger partial charge in [0.1, 0.15) is 0 Å². The maximum atomic E-state index is 13.8. The summed E-state index contributed by atoms with van der Waals surface area (Å²) in [6, 6.07) is 10.4. The molecule has 0 N–H and O–H groups in total. The molecule has 0 aliphatic heterocycles. The molecule has 2 nitrogen and oxygen atoms in total. The van der Waals surface area contributed by atoms with Gasteiger partial charge in [-0.15, -0.1) is 11.3 Å². The Bertz CT molecular complexity index is 1060. The van der Waals surface area contributed by atoms with Crippen molar-refractivity contribution in [3.8, 4) is 0 Å². The molecule has 0 aliphatic rings. The Hall–Kier alpha value is -2.39. The molecule has 0 bridgehead atoms. The van der Waals surface area contributed by atoms with Crippen LogP contribution in [0.2, 0.25) is 0 Å². The molecule has 158 valence electrons. The first-order chi connectivity index (χ1) is 14.6. The van der Waals surface area contributed by atoms with Crippen molar-refractivity contribution in [2.24, 2.45) is 0 Å². The molecule has 0 saturated heterocycles. The summed E-state index contributed by atoms with van der Waals surface area (Å²) < 4.78 is 2.33. The monoisotopic (exact) mass is 419 g/mol. The smallest absolute Gasteiger partial charge is 0.195 e. The predicted octanol–water partition coefficient (Wildman–Crippen LogP) is 8.13. The number of carbonyl (C=O) groups excluding carboxylic acids is 1. The van der Waals surface area contributed by atoms with E-state index >= 15 is 0 Å². The van der Waals surface area contributed by atoms with Crippen LogP contribution in [0.5, 0.6) is 0 Å². The Morgan fingerprint density at radius 2 is 1.87 bits per heavy atom. The standard InChI is InChI=1S/C27H33NOS/c1-5-7-9-13-23(19-22-16-18-30-21(22)4)27(29)26-20(3)28(17-12-8-6-2)25-15-11-10-14-24(25)26/h9-11,13-16,18-19H,5-8,12,17H2,1-4H3/b13-9-,23-19+. The second kappa shape index (κ2) is 10.6. The minimum Gasteiger partial charge on any atom is -0.344 e. The second-order valence-corrected chi connectivity index (χ2v) is 9.01. The van der Waals surface area contributed by atoms with Gasteiger partial charge in [0.15, 0.2) is 5.78 Å². The van der Waals surface area contributed by atoms with Gasteiger partial charge in [0.05, 0.1) is 5.56 Å². The van der Waals surface area contributed by atoms with Crippen LogP contribution in [0.3, 0.4) is 0 Å². The van der Waals surface area contributed by atoms with Crippen molar-refractivity contribution in [1.29, 1.82) is 0 Å². The minimum atomic E-state index is 0.121. The molecular weight excluding hydrogens is 386 g/mol. The first-order valence-corrected chi connectivity index (χ1v) is 12.0. The highest BCUT2D eigenvalue weighted by Gasteiger charge is 2.21. The van der Waals surface area contributed by atoms with E-state index in [1.54, 1.807) is 11.3 Å². The number of aromatic nitrogens is 1. The summed E-state index contributed by atoms with van der Waals surface area (Å²) in [5.74, 6) is 0.121. The Labute approximate surface area is 184 Å². The number of rotatable bonds is 10. The first-order valence-electron chi connectivity index (χ1n) is 11.1. The molecule has 3 rings (SSSR count). The summed E-state index contributed by atoms with van der Waals surface area (Å²) in [4.78, 5) is 15.1. The van der Waals surface area contributed by atoms with Crippen molar-refractivity contribution in [3.05, 3.63) is 75.1 Å². The molecule has 1 aromatic carbocycles. The summed E-state index contributed by atoms with van der Waals surface area (Å²) in [5, 5.41) is 3.15. The lowest BCUT2D eigenvalue weighted by Crippen LogP contribution is -2.06. The average Bonchev–Trinajstić information content (AvgIpc) is 3.27. The van der Waals surface area contributed by atoms with Crippen LogP contribution in [-0.4, -0.2) is 10.4 Å². The zero-order chi connectivity index (χ0) is 21.5. The Balaban J connectivity index is 2.09. The van der Waals surface area contributed by atoms with Crippen LogP contribution >= 0.6 is 11.3 Å². The number of para-hydroxylation sites is 1. The van der Waals surface area contributed by atoms with E-state index < -0.39 is 0 Å². The normalized spacial score (nSPS) is 12.3. The summed E-state index contributed by atoms with van der Waals surface area (Å²) in [6.07, 6.45) is 11.8. The number of fused-ring (bicyclic) bond motifs is 1. The SMILES string of the molecule is CCC/C=C\C(=C/c1ccsc1C)C(=O)c1c(C)n(CCCCC)c2ccccc12. The molecule has 0 aliphatic carbocycles. The first kappa shape index (κ1) is 22.3. The number of nitrogens with zero attached hydrogens (tertiary/aromatic N) is 1. The van der Waals surface area contributed by atoms with E-state index in [2.05, 4.69) is 74.1 Å². The molecule has 0 amide bonds. The summed E-state index contributed by atoms with van der Waals surface area (Å²) in [5.41, 5.74) is 4.99. The molecule has 3 aromatic rings. The van der Waals surface area contributed by atoms with Gasteiger partial charge >= 0.3 is 0 Å². The van der Waals surface area contributed by atoms with Gasteiger partial charge in [-0.1, -0.05) is 63.5 Å². The lowest BCUT2D eigenvalue weighted by molar-refractivity contribution is 0.103. The summed E-state index contributed by atoms with van der Waals surface area (Å²) >= 11 is 1.72. The Kier molecular flexibility index (Phi) is 7.87. The molecule has 3 heteroatoms. The van der Waals surface area contributed by atoms with Gasteiger partial charge in [-0.2, -0.15) is 0 Å². The van der Waals surface area contributed by atoms with Gasteiger partial charge in [-0.05, 0) is 55.8 Å². The van der Waals surface area contributed by atoms with Crippen LogP contribution < -0.4 is 0 Å². The number of Topliss-reactive ketones (excluding diaryl/α,β-unsaturated/α-hetero) is 1. The highest BCUT2D eigenvalue weighted by molar-refractivity contribution is 7.10. The molecule has 2 aromatic heterocycles. The van der Waals surface area contributed by atoms with Crippen LogP contribution in [0.25, 0.3) is 17.0 Å². The van der Waals surface area contributed by atoms with Crippen LogP contribution in [0, 0.1) is 13.8 Å². The average molecular weight is 420 g/mol. The number of ketones is 1. The van der Waals surface area contributed by atoms with Gasteiger partial charge in [0.25, 0.3) is 0 Å². The second-order valence-electron chi connectivity index (χ2n) is 7.89. The third-order valence-electron chi connectivity index (χ3n) is 5.67. The van der Waals surface area contributed by atoms with Crippen LogP contribution in [-0.2, 0) is 6.54 Å². The van der Waals surface area contributed by atoms with Crippen molar-refractivity contribution < 1.29 is 4.79 Å². The third-order valence-corrected chi connectivity index (χ3v) is 6.53. The lowest BCUT2D eigenvalue weighted by Gasteiger charge is -2.08. The highest BCUT2D eigenvalue weighted by atomic mass is 32.1. The summed E-state index contributed by atoms with van der Waals surface area (Å²) in [6.45, 7) is 9.55. The molecule has 0 unspecified atom stereocenters. The van der Waals surface area contributed by atoms with Gasteiger partial charge in [-0.25, -0.2) is 0 Å². The number of unbranched alkanes of at least 4 members (excludes halogenated alkanes) is 3. The number of aryl methyl sites for hydroxylation is 2. The minimum absolute atomic E-state index is 0.121. The van der Waals surface area contributed by atoms with Crippen molar-refractivity contribution in [2.45, 2.75) is 66.3 Å². The molecule has 0 atom stereocenters. The van der Waals surface area contributed by atoms with Gasteiger partial charge in [0, 0.05) is 33.6 Å². The molecule has 0 radical (unpaired) electrons. The van der Waals surface area contributed by atoms with Gasteiger partial charge < -0.3 is 4.57 Å². The number of carbonyl (C=O) groups is 1. The van der Waals surface area contributed by atoms with E-state index in [-0.39, 0.29) is 5.78 Å². The molecule has 2 heterocycles. The van der Waals surface area contributed by atoms with Gasteiger partial charge in [-0.3, -0.25) is 4.79 Å². The molecular formula is C27H33NOS. The predicted molar refractivity (Wildman–Crippen MR) is 132 cm³/mol. The zero-order valence-electron chi connectivity index (χ0n) is 18.7. The van der Waals surface area contributed by atoms with Crippen LogP contribution in [0.1, 0.15) is 72.4 Å². The van der Waals surface area contributed by atoms with Crippen molar-refractivity contribution in [3.63, 3.8) is 0 Å². The van der Waals surface area contributed by atoms with E-state index in [1.165, 1.54) is 17.7 Å². The van der Waals surface area contributed by atoms with Crippen LogP contribution in [0.4, 0.5) is 0 Å². The quantitative estimate of drug-likeness (QED) is 0.141. The fourth-order valence-corrected chi connectivity index (χ4v) is 4.63. The fraction of sp³-hybridized carbons (Fsp3) is 0.370. The number of thiophene rings is 1. The molecule has 0 saturated carbocycles. The lowest BCUT2D eigenvalue weighted by atomic mass is 9.98. The number of hydrogen-bond acceptors (Lipinski definition) is 2. The van der Waals surface area contributed by atoms with Crippen molar-refractivity contribution in [2.75, 3.05) is 0 Å². The highest BCUT2D eigenvalue weighted by Crippen LogP contribution is 2.30. The van der Waals surface area contributed by atoms with Crippen molar-refractivity contribution >= 4 is 34.1 Å². The van der Waals surface area contributed by atoms with E-state index in [0.29, 0.717) is 0 Å².